The van der Waals surface area contributed by atoms with E-state index in [1.54, 1.807) is 6.92 Å². The highest BCUT2D eigenvalue weighted by Crippen LogP contribution is 2.45. The van der Waals surface area contributed by atoms with Gasteiger partial charge in [0.1, 0.15) is 11.9 Å². The van der Waals surface area contributed by atoms with Gasteiger partial charge in [-0.1, -0.05) is 79.0 Å². The Hall–Kier alpha value is -3.03. The van der Waals surface area contributed by atoms with Crippen LogP contribution in [0.3, 0.4) is 0 Å². The van der Waals surface area contributed by atoms with Crippen LogP contribution in [0.4, 0.5) is 14.6 Å². The molecular weight excluding hydrogens is 757 g/mol. The zero-order valence-corrected chi connectivity index (χ0v) is 38.9. The first-order valence-electron chi connectivity index (χ1n) is 21.2. The van der Waals surface area contributed by atoms with Gasteiger partial charge >= 0.3 is 11.6 Å². The number of allylic oxidation sites excluding steroid dienone is 10. The first kappa shape index (κ1) is 51.1. The Morgan fingerprint density at radius 3 is 1.91 bits per heavy atom. The van der Waals surface area contributed by atoms with Crippen LogP contribution in [0.2, 0.25) is 18.1 Å². The number of carbonyl (C=O) groups is 1. The molecule has 0 bridgehead atoms. The number of hydrogen-bond donors (Lipinski definition) is 1. The Kier molecular flexibility index (Phi) is 21.4. The van der Waals surface area contributed by atoms with Crippen molar-refractivity contribution in [2.24, 2.45) is 0 Å². The minimum absolute atomic E-state index is 0.0202. The molecule has 58 heavy (non-hydrogen) atoms. The van der Waals surface area contributed by atoms with E-state index >= 15 is 8.78 Å². The summed E-state index contributed by atoms with van der Waals surface area (Å²) < 4.78 is 55.9. The first-order chi connectivity index (χ1) is 27.1. The van der Waals surface area contributed by atoms with Gasteiger partial charge in [0.2, 0.25) is 12.1 Å². The molecule has 12 heteroatoms. The van der Waals surface area contributed by atoms with E-state index in [0.717, 1.165) is 67.7 Å². The van der Waals surface area contributed by atoms with Gasteiger partial charge in [0.15, 0.2) is 20.7 Å². The molecule has 2 rings (SSSR count). The molecule has 0 aromatic carbocycles. The fourth-order valence-electron chi connectivity index (χ4n) is 6.19. The molecule has 1 aliphatic heterocycles. The molecule has 1 aromatic rings. The summed E-state index contributed by atoms with van der Waals surface area (Å²) in [4.78, 5) is 29.8. The van der Waals surface area contributed by atoms with Crippen LogP contribution in [-0.4, -0.2) is 61.4 Å². The normalized spacial score (nSPS) is 20.0. The van der Waals surface area contributed by atoms with Crippen molar-refractivity contribution >= 4 is 20.0 Å². The first-order valence-corrected chi connectivity index (χ1v) is 24.1. The summed E-state index contributed by atoms with van der Waals surface area (Å²) in [7, 11) is -2.33. The number of alkyl halides is 2. The highest BCUT2D eigenvalue weighted by molar-refractivity contribution is 6.74. The van der Waals surface area contributed by atoms with Gasteiger partial charge in [-0.25, -0.2) is 4.79 Å². The Balaban J connectivity index is 1.89. The van der Waals surface area contributed by atoms with Gasteiger partial charge in [-0.15, -0.1) is 0 Å². The van der Waals surface area contributed by atoms with Crippen molar-refractivity contribution in [3.8, 4) is 0 Å². The number of nitrogens with one attached hydrogen (secondary N) is 1. The molecule has 1 saturated heterocycles. The molecule has 1 amide bonds. The molecule has 1 fully saturated rings. The van der Waals surface area contributed by atoms with Crippen molar-refractivity contribution in [1.82, 2.24) is 9.55 Å². The number of ether oxygens (including phenoxy) is 3. The molecule has 2 heterocycles. The van der Waals surface area contributed by atoms with Crippen LogP contribution in [0.15, 0.2) is 75.3 Å². The monoisotopic (exact) mass is 832 g/mol. The maximum atomic E-state index is 16.0. The van der Waals surface area contributed by atoms with Crippen LogP contribution in [0.5, 0.6) is 0 Å². The Bertz CT molecular complexity index is 1670. The molecule has 1 N–H and O–H groups in total. The largest absolute Gasteiger partial charge is 0.414 e. The molecule has 4 atom stereocenters. The average Bonchev–Trinajstić information content (AvgIpc) is 3.36. The third-order valence-electron chi connectivity index (χ3n) is 10.9. The minimum Gasteiger partial charge on any atom is -0.414 e. The van der Waals surface area contributed by atoms with Gasteiger partial charge < -0.3 is 24.0 Å². The summed E-state index contributed by atoms with van der Waals surface area (Å²) in [6.07, 6.45) is 15.9. The summed E-state index contributed by atoms with van der Waals surface area (Å²) >= 11 is 0. The fourth-order valence-corrected chi connectivity index (χ4v) is 7.20. The predicted molar refractivity (Wildman–Crippen MR) is 236 cm³/mol. The lowest BCUT2D eigenvalue weighted by molar-refractivity contribution is -0.221. The van der Waals surface area contributed by atoms with Gasteiger partial charge in [0, 0.05) is 19.2 Å². The molecule has 1 aliphatic rings. The van der Waals surface area contributed by atoms with Gasteiger partial charge in [-0.05, 0) is 137 Å². The molecule has 0 spiro atoms. The highest BCUT2D eigenvalue weighted by atomic mass is 28.4. The van der Waals surface area contributed by atoms with Gasteiger partial charge in [0.25, 0.3) is 0 Å². The Morgan fingerprint density at radius 1 is 0.897 bits per heavy atom. The summed E-state index contributed by atoms with van der Waals surface area (Å²) in [6, 6.07) is 1.32. The summed E-state index contributed by atoms with van der Waals surface area (Å²) in [5.74, 6) is -3.97. The molecule has 328 valence electrons. The summed E-state index contributed by atoms with van der Waals surface area (Å²) in [5, 5.41) is 2.47. The number of anilines is 1. The van der Waals surface area contributed by atoms with E-state index in [4.69, 9.17) is 18.6 Å². The van der Waals surface area contributed by atoms with Crippen LogP contribution < -0.4 is 11.0 Å². The molecule has 1 unspecified atom stereocenters. The second-order valence-corrected chi connectivity index (χ2v) is 22.4. The lowest BCUT2D eigenvalue weighted by Gasteiger charge is -2.37. The number of aromatic nitrogens is 2. The molecule has 1 aromatic heterocycles. The number of unbranched alkanes of at least 4 members (excludes halogenated alkanes) is 1. The van der Waals surface area contributed by atoms with Crippen molar-refractivity contribution in [3.63, 3.8) is 0 Å². The molecule has 9 nitrogen and oxygen atoms in total. The lowest BCUT2D eigenvalue weighted by Crippen LogP contribution is -2.48. The van der Waals surface area contributed by atoms with E-state index in [1.165, 1.54) is 35.3 Å². The second kappa shape index (κ2) is 24.3. The van der Waals surface area contributed by atoms with Gasteiger partial charge in [-0.3, -0.25) is 9.36 Å². The van der Waals surface area contributed by atoms with Crippen molar-refractivity contribution in [1.29, 1.82) is 0 Å². The third kappa shape index (κ3) is 17.7. The number of rotatable bonds is 24. The third-order valence-corrected chi connectivity index (χ3v) is 15.4. The van der Waals surface area contributed by atoms with Crippen LogP contribution in [0, 0.1) is 0 Å². The molecule has 0 saturated carbocycles. The predicted octanol–water partition coefficient (Wildman–Crippen LogP) is 12.2. The Labute approximate surface area is 349 Å². The maximum Gasteiger partial charge on any atom is 0.351 e. The Morgan fingerprint density at radius 2 is 1.41 bits per heavy atom. The number of halogens is 2. The topological polar surface area (TPSA) is 101 Å². The average molecular weight is 832 g/mol. The molecular formula is C46H75F2N3O6Si. The lowest BCUT2D eigenvalue weighted by atomic mass is 10.0. The number of amides is 1. The quantitative estimate of drug-likeness (QED) is 0.0479. The van der Waals surface area contributed by atoms with E-state index in [1.807, 2.05) is 20.0 Å². The van der Waals surface area contributed by atoms with Crippen LogP contribution in [0.25, 0.3) is 0 Å². The van der Waals surface area contributed by atoms with Gasteiger partial charge in [0.05, 0.1) is 6.61 Å². The standard InChI is InChI=1S/C46H75F2N3O6Si/c1-14-54-38(8)56-42-39(32-55-58(12,13)45(9,10)11)57-43(46(42,47)48)51-31-30-40(50-44(51)53)49-41(52)29-28-37(7)27-19-25-35(5)22-16-15-21-34(4)24-18-26-36(6)23-17-20-33(2)3/h20-22,26-27,30-31,38-39,42-43H,14-19,23-25,28-29,32H2,1-13H3,(H,49,50,52,53)/b34-21+,35-22+,36-26+,37-27+/t38?,39-,42-,43-/m1/s1. The number of hydrogen-bond acceptors (Lipinski definition) is 7. The minimum atomic E-state index is -3.63. The summed E-state index contributed by atoms with van der Waals surface area (Å²) in [6.45, 7) is 26.5. The summed E-state index contributed by atoms with van der Waals surface area (Å²) in [5.41, 5.74) is 5.74. The van der Waals surface area contributed by atoms with E-state index < -0.39 is 44.7 Å². The van der Waals surface area contributed by atoms with Crippen molar-refractivity contribution < 1.29 is 32.2 Å². The second-order valence-electron chi connectivity index (χ2n) is 17.6. The van der Waals surface area contributed by atoms with E-state index in [0.29, 0.717) is 6.42 Å². The molecule has 0 aliphatic carbocycles. The fraction of sp³-hybridized carbons (Fsp3) is 0.674. The molecule has 0 radical (unpaired) electrons. The zero-order chi connectivity index (χ0) is 43.7. The van der Waals surface area contributed by atoms with Crippen LogP contribution in [0.1, 0.15) is 147 Å². The maximum absolute atomic E-state index is 16.0. The van der Waals surface area contributed by atoms with Gasteiger partial charge in [-0.2, -0.15) is 13.8 Å². The van der Waals surface area contributed by atoms with Crippen molar-refractivity contribution in [2.45, 2.75) is 189 Å². The van der Waals surface area contributed by atoms with E-state index in [-0.39, 0.29) is 36.4 Å². The highest BCUT2D eigenvalue weighted by Gasteiger charge is 2.62. The van der Waals surface area contributed by atoms with E-state index in [2.05, 4.69) is 96.1 Å². The van der Waals surface area contributed by atoms with Crippen LogP contribution >= 0.6 is 0 Å². The van der Waals surface area contributed by atoms with Crippen LogP contribution in [-0.2, 0) is 23.4 Å². The smallest absolute Gasteiger partial charge is 0.351 e. The van der Waals surface area contributed by atoms with E-state index in [9.17, 15) is 9.59 Å². The number of nitrogens with zero attached hydrogens (tertiary/aromatic N) is 2. The number of carbonyl (C=O) groups excluding carboxylic acids is 1. The zero-order valence-electron chi connectivity index (χ0n) is 37.9. The SMILES string of the molecule is CCOC(C)O[C@@H]1[C@@H](CO[Si](C)(C)C(C)(C)C)O[C@@H](n2ccc(NC(=O)CC/C(C)=C/CC/C(C)=C/CC/C=C(\C)CC/C=C(\C)CCC=C(C)C)nc2=O)C1(F)F. The van der Waals surface area contributed by atoms with Crippen molar-refractivity contribution in [2.75, 3.05) is 18.5 Å². The van der Waals surface area contributed by atoms with Crippen molar-refractivity contribution in [3.05, 3.63) is 81.0 Å².